The summed E-state index contributed by atoms with van der Waals surface area (Å²) in [6.07, 6.45) is 0. The summed E-state index contributed by atoms with van der Waals surface area (Å²) in [7, 11) is 0. The minimum absolute atomic E-state index is 0.0439. The molecule has 0 saturated heterocycles. The first kappa shape index (κ1) is 12.9. The average molecular weight is 265 g/mol. The second-order valence-corrected chi connectivity index (χ2v) is 5.32. The molecule has 0 aliphatic rings. The molecule has 0 bridgehead atoms. The fraction of sp³-hybridized carbons (Fsp3) is 0.235. The Morgan fingerprint density at radius 1 is 1.05 bits per heavy atom. The van der Waals surface area contributed by atoms with Gasteiger partial charge in [0.05, 0.1) is 12.2 Å². The third-order valence-corrected chi connectivity index (χ3v) is 3.67. The van der Waals surface area contributed by atoms with Crippen molar-refractivity contribution in [2.75, 3.05) is 0 Å². The fourth-order valence-corrected chi connectivity index (χ4v) is 2.59. The van der Waals surface area contributed by atoms with Crippen molar-refractivity contribution in [1.29, 1.82) is 0 Å². The molecule has 0 radical (unpaired) electrons. The second-order valence-electron chi connectivity index (χ2n) is 5.32. The van der Waals surface area contributed by atoms with Crippen LogP contribution < -0.4 is 5.73 Å². The van der Waals surface area contributed by atoms with Gasteiger partial charge in [-0.1, -0.05) is 36.4 Å². The Labute approximate surface area is 119 Å². The summed E-state index contributed by atoms with van der Waals surface area (Å²) >= 11 is 0. The Morgan fingerprint density at radius 3 is 2.50 bits per heavy atom. The lowest BCUT2D eigenvalue weighted by Gasteiger charge is -2.14. The molecule has 1 atom stereocenters. The maximum atomic E-state index is 6.34. The largest absolute Gasteiger partial charge is 0.322 e. The monoisotopic (exact) mass is 265 g/mol. The first-order valence-electron chi connectivity index (χ1n) is 6.89. The van der Waals surface area contributed by atoms with Gasteiger partial charge in [-0.25, -0.2) is 0 Å². The summed E-state index contributed by atoms with van der Waals surface area (Å²) in [6, 6.07) is 16.8. The Kier molecular flexibility index (Phi) is 3.28. The SMILES string of the molecule is Cc1cc(C)n(CC(N)c2ccc3ccccc3c2)n1. The van der Waals surface area contributed by atoms with Crippen LogP contribution in [0.15, 0.2) is 48.5 Å². The lowest BCUT2D eigenvalue weighted by Crippen LogP contribution is -2.19. The van der Waals surface area contributed by atoms with E-state index in [0.717, 1.165) is 17.0 Å². The van der Waals surface area contributed by atoms with Crippen molar-refractivity contribution in [3.8, 4) is 0 Å². The van der Waals surface area contributed by atoms with Gasteiger partial charge in [0.2, 0.25) is 0 Å². The molecule has 0 aliphatic carbocycles. The van der Waals surface area contributed by atoms with Gasteiger partial charge in [0.25, 0.3) is 0 Å². The lowest BCUT2D eigenvalue weighted by atomic mass is 10.0. The standard InChI is InChI=1S/C17H19N3/c1-12-9-13(2)20(19-12)11-17(18)16-8-7-14-5-3-4-6-15(14)10-16/h3-10,17H,11,18H2,1-2H3. The number of aryl methyl sites for hydroxylation is 2. The van der Waals surface area contributed by atoms with E-state index in [1.807, 2.05) is 11.6 Å². The van der Waals surface area contributed by atoms with Crippen LogP contribution in [0.4, 0.5) is 0 Å². The van der Waals surface area contributed by atoms with Gasteiger partial charge < -0.3 is 5.73 Å². The molecule has 102 valence electrons. The summed E-state index contributed by atoms with van der Waals surface area (Å²) in [5.74, 6) is 0. The molecule has 20 heavy (non-hydrogen) atoms. The number of fused-ring (bicyclic) bond motifs is 1. The van der Waals surface area contributed by atoms with E-state index in [9.17, 15) is 0 Å². The highest BCUT2D eigenvalue weighted by atomic mass is 15.3. The molecule has 2 aromatic carbocycles. The maximum Gasteiger partial charge on any atom is 0.0605 e. The van der Waals surface area contributed by atoms with Crippen LogP contribution in [0.3, 0.4) is 0 Å². The molecule has 1 unspecified atom stereocenters. The number of benzene rings is 2. The van der Waals surface area contributed by atoms with Crippen LogP contribution >= 0.6 is 0 Å². The zero-order valence-electron chi connectivity index (χ0n) is 11.9. The van der Waals surface area contributed by atoms with E-state index >= 15 is 0 Å². The Morgan fingerprint density at radius 2 is 1.80 bits per heavy atom. The molecule has 0 spiro atoms. The summed E-state index contributed by atoms with van der Waals surface area (Å²) in [5, 5.41) is 6.95. The highest BCUT2D eigenvalue weighted by molar-refractivity contribution is 5.83. The van der Waals surface area contributed by atoms with E-state index in [2.05, 4.69) is 60.6 Å². The van der Waals surface area contributed by atoms with E-state index in [4.69, 9.17) is 5.73 Å². The minimum atomic E-state index is -0.0439. The topological polar surface area (TPSA) is 43.8 Å². The predicted molar refractivity (Wildman–Crippen MR) is 82.6 cm³/mol. The van der Waals surface area contributed by atoms with E-state index in [1.165, 1.54) is 10.8 Å². The summed E-state index contributed by atoms with van der Waals surface area (Å²) in [6.45, 7) is 4.77. The number of rotatable bonds is 3. The second kappa shape index (κ2) is 5.10. The molecular formula is C17H19N3. The highest BCUT2D eigenvalue weighted by Crippen LogP contribution is 2.20. The van der Waals surface area contributed by atoms with Gasteiger partial charge in [-0.3, -0.25) is 4.68 Å². The molecular weight excluding hydrogens is 246 g/mol. The van der Waals surface area contributed by atoms with Gasteiger partial charge in [-0.15, -0.1) is 0 Å². The van der Waals surface area contributed by atoms with Crippen LogP contribution in [0.2, 0.25) is 0 Å². The fourth-order valence-electron chi connectivity index (χ4n) is 2.59. The van der Waals surface area contributed by atoms with Crippen molar-refractivity contribution in [2.24, 2.45) is 5.73 Å². The van der Waals surface area contributed by atoms with Crippen molar-refractivity contribution in [2.45, 2.75) is 26.4 Å². The van der Waals surface area contributed by atoms with Crippen molar-refractivity contribution in [3.63, 3.8) is 0 Å². The molecule has 3 rings (SSSR count). The molecule has 0 saturated carbocycles. The van der Waals surface area contributed by atoms with Crippen molar-refractivity contribution in [3.05, 3.63) is 65.5 Å². The Hall–Kier alpha value is -2.13. The Bertz CT molecular complexity index is 743. The molecule has 3 heteroatoms. The van der Waals surface area contributed by atoms with E-state index in [1.54, 1.807) is 0 Å². The normalized spacial score (nSPS) is 12.8. The van der Waals surface area contributed by atoms with E-state index in [0.29, 0.717) is 6.54 Å². The van der Waals surface area contributed by atoms with Crippen LogP contribution in [0.5, 0.6) is 0 Å². The third kappa shape index (κ3) is 2.45. The van der Waals surface area contributed by atoms with Crippen LogP contribution in [-0.4, -0.2) is 9.78 Å². The number of hydrogen-bond donors (Lipinski definition) is 1. The number of nitrogens with two attached hydrogens (primary N) is 1. The zero-order chi connectivity index (χ0) is 14.1. The number of aromatic nitrogens is 2. The summed E-state index contributed by atoms with van der Waals surface area (Å²) in [5.41, 5.74) is 9.67. The third-order valence-electron chi connectivity index (χ3n) is 3.67. The van der Waals surface area contributed by atoms with Gasteiger partial charge in [0, 0.05) is 11.7 Å². The molecule has 3 aromatic rings. The van der Waals surface area contributed by atoms with Gasteiger partial charge >= 0.3 is 0 Å². The molecule has 1 aromatic heterocycles. The maximum absolute atomic E-state index is 6.34. The van der Waals surface area contributed by atoms with Crippen molar-refractivity contribution >= 4 is 10.8 Å². The molecule has 2 N–H and O–H groups in total. The quantitative estimate of drug-likeness (QED) is 0.789. The van der Waals surface area contributed by atoms with Crippen LogP contribution in [-0.2, 0) is 6.54 Å². The van der Waals surface area contributed by atoms with E-state index < -0.39 is 0 Å². The molecule has 0 aliphatic heterocycles. The molecule has 0 fully saturated rings. The first-order valence-corrected chi connectivity index (χ1v) is 6.89. The first-order chi connectivity index (χ1) is 9.63. The minimum Gasteiger partial charge on any atom is -0.322 e. The smallest absolute Gasteiger partial charge is 0.0605 e. The van der Waals surface area contributed by atoms with Gasteiger partial charge in [-0.2, -0.15) is 5.10 Å². The zero-order valence-corrected chi connectivity index (χ0v) is 11.9. The molecule has 1 heterocycles. The van der Waals surface area contributed by atoms with Crippen LogP contribution in [0.25, 0.3) is 10.8 Å². The number of hydrogen-bond acceptors (Lipinski definition) is 2. The molecule has 0 amide bonds. The average Bonchev–Trinajstić information content (AvgIpc) is 2.76. The van der Waals surface area contributed by atoms with Crippen molar-refractivity contribution in [1.82, 2.24) is 9.78 Å². The van der Waals surface area contributed by atoms with Gasteiger partial charge in [-0.05, 0) is 42.3 Å². The van der Waals surface area contributed by atoms with E-state index in [-0.39, 0.29) is 6.04 Å². The van der Waals surface area contributed by atoms with Gasteiger partial charge in [0.15, 0.2) is 0 Å². The summed E-state index contributed by atoms with van der Waals surface area (Å²) < 4.78 is 1.98. The number of nitrogens with zero attached hydrogens (tertiary/aromatic N) is 2. The predicted octanol–water partition coefficient (Wildman–Crippen LogP) is 3.35. The molecule has 3 nitrogen and oxygen atoms in total. The Balaban J connectivity index is 1.88. The van der Waals surface area contributed by atoms with Crippen molar-refractivity contribution < 1.29 is 0 Å². The van der Waals surface area contributed by atoms with Crippen LogP contribution in [0.1, 0.15) is 23.0 Å². The van der Waals surface area contributed by atoms with Gasteiger partial charge in [0.1, 0.15) is 0 Å². The van der Waals surface area contributed by atoms with Crippen LogP contribution in [0, 0.1) is 13.8 Å². The summed E-state index contributed by atoms with van der Waals surface area (Å²) in [4.78, 5) is 0. The lowest BCUT2D eigenvalue weighted by molar-refractivity contribution is 0.515. The highest BCUT2D eigenvalue weighted by Gasteiger charge is 2.10.